The fraction of sp³-hybridized carbons (Fsp3) is 0.240. The summed E-state index contributed by atoms with van der Waals surface area (Å²) in [6.45, 7) is 5.60. The third-order valence-electron chi connectivity index (χ3n) is 5.38. The highest BCUT2D eigenvalue weighted by molar-refractivity contribution is 6.33. The molecule has 4 rings (SSSR count). The van der Waals surface area contributed by atoms with Crippen molar-refractivity contribution in [1.82, 2.24) is 9.97 Å². The Labute approximate surface area is 187 Å². The number of nitrogens with one attached hydrogen (secondary N) is 1. The molecule has 1 N–H and O–H groups in total. The van der Waals surface area contributed by atoms with Gasteiger partial charge in [-0.3, -0.25) is 4.79 Å². The Morgan fingerprint density at radius 1 is 1.13 bits per heavy atom. The average molecular weight is 433 g/mol. The van der Waals surface area contributed by atoms with Crippen LogP contribution in [0.3, 0.4) is 0 Å². The molecule has 0 atom stereocenters. The summed E-state index contributed by atoms with van der Waals surface area (Å²) in [7, 11) is 0. The summed E-state index contributed by atoms with van der Waals surface area (Å²) in [5.74, 6) is 0.506. The van der Waals surface area contributed by atoms with Crippen molar-refractivity contribution in [2.75, 3.05) is 23.3 Å². The van der Waals surface area contributed by atoms with Gasteiger partial charge in [-0.25, -0.2) is 9.97 Å². The Balaban J connectivity index is 1.55. The van der Waals surface area contributed by atoms with E-state index in [4.69, 9.17) is 11.6 Å². The van der Waals surface area contributed by atoms with E-state index < -0.39 is 0 Å². The van der Waals surface area contributed by atoms with E-state index in [1.54, 1.807) is 6.20 Å². The maximum Gasteiger partial charge on any atom is 0.227 e. The minimum absolute atomic E-state index is 0.00515. The number of nitrogens with zero attached hydrogens (tertiary/aromatic N) is 3. The lowest BCUT2D eigenvalue weighted by atomic mass is 10.0. The van der Waals surface area contributed by atoms with Gasteiger partial charge in [0.15, 0.2) is 5.78 Å². The van der Waals surface area contributed by atoms with E-state index in [0.29, 0.717) is 12.4 Å². The third kappa shape index (κ3) is 5.30. The highest BCUT2D eigenvalue weighted by Gasteiger charge is 2.15. The average Bonchev–Trinajstić information content (AvgIpc) is 2.81. The molecule has 1 fully saturated rings. The topological polar surface area (TPSA) is 58.1 Å². The van der Waals surface area contributed by atoms with Crippen molar-refractivity contribution in [1.29, 1.82) is 0 Å². The van der Waals surface area contributed by atoms with E-state index in [2.05, 4.69) is 32.8 Å². The van der Waals surface area contributed by atoms with Gasteiger partial charge in [-0.2, -0.15) is 0 Å². The van der Waals surface area contributed by atoms with Crippen LogP contribution in [0.2, 0.25) is 5.02 Å². The van der Waals surface area contributed by atoms with Crippen LogP contribution >= 0.6 is 11.6 Å². The van der Waals surface area contributed by atoms with Gasteiger partial charge in [-0.1, -0.05) is 36.4 Å². The van der Waals surface area contributed by atoms with Gasteiger partial charge >= 0.3 is 0 Å². The zero-order valence-electron chi connectivity index (χ0n) is 17.4. The molecule has 3 aromatic rings. The molecular weight excluding hydrogens is 408 g/mol. The van der Waals surface area contributed by atoms with Gasteiger partial charge in [0.1, 0.15) is 0 Å². The zero-order valence-corrected chi connectivity index (χ0v) is 18.1. The van der Waals surface area contributed by atoms with Crippen molar-refractivity contribution in [2.45, 2.75) is 25.7 Å². The molecule has 5 nitrogen and oxygen atoms in total. The molecule has 158 valence electrons. The van der Waals surface area contributed by atoms with Crippen LogP contribution in [0.5, 0.6) is 0 Å². The van der Waals surface area contributed by atoms with Crippen molar-refractivity contribution in [3.63, 3.8) is 0 Å². The monoisotopic (exact) mass is 432 g/mol. The first-order valence-electron chi connectivity index (χ1n) is 10.5. The van der Waals surface area contributed by atoms with Crippen LogP contribution in [-0.4, -0.2) is 28.8 Å². The first-order valence-corrected chi connectivity index (χ1v) is 10.9. The first kappa shape index (κ1) is 21.1. The second-order valence-corrected chi connectivity index (χ2v) is 8.06. The van der Waals surface area contributed by atoms with Crippen LogP contribution in [0.1, 0.15) is 24.8 Å². The molecule has 2 heterocycles. The molecular formula is C25H25ClN4O. The zero-order chi connectivity index (χ0) is 21.6. The fourth-order valence-electron chi connectivity index (χ4n) is 3.79. The fourth-order valence-corrected chi connectivity index (χ4v) is 4.03. The van der Waals surface area contributed by atoms with Crippen LogP contribution in [0.15, 0.2) is 67.4 Å². The molecule has 6 heteroatoms. The molecule has 0 aliphatic carbocycles. The Kier molecular flexibility index (Phi) is 6.63. The second-order valence-electron chi connectivity index (χ2n) is 7.65. The van der Waals surface area contributed by atoms with Gasteiger partial charge in [0, 0.05) is 37.0 Å². The van der Waals surface area contributed by atoms with Crippen molar-refractivity contribution >= 4 is 34.7 Å². The summed E-state index contributed by atoms with van der Waals surface area (Å²) in [5.41, 5.74) is 4.59. The first-order chi connectivity index (χ1) is 15.1. The Hall–Kier alpha value is -3.18. The van der Waals surface area contributed by atoms with E-state index in [-0.39, 0.29) is 5.78 Å². The molecule has 0 bridgehead atoms. The van der Waals surface area contributed by atoms with Crippen molar-refractivity contribution < 1.29 is 4.79 Å². The molecule has 2 aromatic carbocycles. The molecule has 1 saturated heterocycles. The molecule has 0 spiro atoms. The number of carbonyl (C=O) groups excluding carboxylic acids is 1. The number of hydrogen-bond donors (Lipinski definition) is 1. The summed E-state index contributed by atoms with van der Waals surface area (Å²) >= 11 is 6.47. The summed E-state index contributed by atoms with van der Waals surface area (Å²) in [6, 6.07) is 15.6. The lowest BCUT2D eigenvalue weighted by Crippen LogP contribution is -2.29. The van der Waals surface area contributed by atoms with Crippen LogP contribution < -0.4 is 10.2 Å². The molecule has 0 radical (unpaired) electrons. The lowest BCUT2D eigenvalue weighted by Gasteiger charge is -2.30. The number of rotatable bonds is 7. The maximum atomic E-state index is 11.7. The smallest absolute Gasteiger partial charge is 0.227 e. The van der Waals surface area contributed by atoms with Crippen molar-refractivity contribution in [2.24, 2.45) is 0 Å². The van der Waals surface area contributed by atoms with E-state index in [1.807, 2.05) is 42.5 Å². The predicted octanol–water partition coefficient (Wildman–Crippen LogP) is 5.83. The predicted molar refractivity (Wildman–Crippen MR) is 127 cm³/mol. The summed E-state index contributed by atoms with van der Waals surface area (Å²) in [5, 5.41) is 4.06. The van der Waals surface area contributed by atoms with Gasteiger partial charge in [0.2, 0.25) is 5.95 Å². The van der Waals surface area contributed by atoms with Crippen LogP contribution in [0.4, 0.5) is 17.3 Å². The van der Waals surface area contributed by atoms with Crippen molar-refractivity contribution in [3.8, 4) is 11.3 Å². The minimum Gasteiger partial charge on any atom is -0.370 e. The van der Waals surface area contributed by atoms with E-state index in [0.717, 1.165) is 46.3 Å². The van der Waals surface area contributed by atoms with Gasteiger partial charge in [0.05, 0.1) is 16.4 Å². The van der Waals surface area contributed by atoms with E-state index in [1.165, 1.54) is 25.3 Å². The highest BCUT2D eigenvalue weighted by Crippen LogP contribution is 2.32. The Bertz CT molecular complexity index is 1090. The quantitative estimate of drug-likeness (QED) is 0.476. The molecule has 1 aliphatic heterocycles. The molecule has 1 aromatic heterocycles. The number of benzene rings is 2. The third-order valence-corrected chi connectivity index (χ3v) is 5.70. The van der Waals surface area contributed by atoms with Gasteiger partial charge in [-0.05, 0) is 61.2 Å². The van der Waals surface area contributed by atoms with Gasteiger partial charge < -0.3 is 10.2 Å². The number of aromatic nitrogens is 2. The van der Waals surface area contributed by atoms with Gasteiger partial charge in [-0.15, -0.1) is 0 Å². The second kappa shape index (κ2) is 9.75. The number of piperidine rings is 1. The normalized spacial score (nSPS) is 13.6. The molecule has 0 amide bonds. The molecule has 31 heavy (non-hydrogen) atoms. The standard InChI is InChI=1S/C25H25ClN4O/c1-2-21(31)16-18-7-6-8-19(15-18)23-11-12-27-25(29-23)28-20-9-10-22(26)24(17-20)30-13-4-3-5-14-30/h2,6-12,15,17H,1,3-5,13-14,16H2,(H,27,28,29). The summed E-state index contributed by atoms with van der Waals surface area (Å²) in [6.07, 6.45) is 7.07. The number of hydrogen-bond acceptors (Lipinski definition) is 5. The van der Waals surface area contributed by atoms with Crippen molar-refractivity contribution in [3.05, 3.63) is 78.0 Å². The maximum absolute atomic E-state index is 11.7. The largest absolute Gasteiger partial charge is 0.370 e. The number of carbonyl (C=O) groups is 1. The molecule has 0 unspecified atom stereocenters. The van der Waals surface area contributed by atoms with Gasteiger partial charge in [0.25, 0.3) is 0 Å². The number of anilines is 3. The Morgan fingerprint density at radius 3 is 2.77 bits per heavy atom. The number of halogens is 1. The van der Waals surface area contributed by atoms with Crippen LogP contribution in [-0.2, 0) is 11.2 Å². The van der Waals surface area contributed by atoms with Crippen LogP contribution in [0, 0.1) is 0 Å². The number of allylic oxidation sites excluding steroid dienone is 1. The minimum atomic E-state index is -0.00515. The summed E-state index contributed by atoms with van der Waals surface area (Å²) < 4.78 is 0. The Morgan fingerprint density at radius 2 is 1.97 bits per heavy atom. The number of ketones is 1. The SMILES string of the molecule is C=CC(=O)Cc1cccc(-c2ccnc(Nc3ccc(Cl)c(N4CCCCC4)c3)n2)c1. The van der Waals surface area contributed by atoms with E-state index in [9.17, 15) is 4.79 Å². The molecule has 0 saturated carbocycles. The molecule has 1 aliphatic rings. The summed E-state index contributed by atoms with van der Waals surface area (Å²) in [4.78, 5) is 23.1. The lowest BCUT2D eigenvalue weighted by molar-refractivity contribution is -0.114. The van der Waals surface area contributed by atoms with E-state index >= 15 is 0 Å². The highest BCUT2D eigenvalue weighted by atomic mass is 35.5. The van der Waals surface area contributed by atoms with Crippen LogP contribution in [0.25, 0.3) is 11.3 Å².